The smallest absolute Gasteiger partial charge is 0.321 e. The zero-order valence-corrected chi connectivity index (χ0v) is 9.15. The minimum absolute atomic E-state index is 0.0871. The van der Waals surface area contributed by atoms with Crippen LogP contribution in [-0.2, 0) is 4.57 Å². The highest BCUT2D eigenvalue weighted by atomic mass is 32.1. The van der Waals surface area contributed by atoms with Gasteiger partial charge in [0, 0.05) is 11.6 Å². The van der Waals surface area contributed by atoms with E-state index in [2.05, 4.69) is 9.97 Å². The van der Waals surface area contributed by atoms with Crippen molar-refractivity contribution >= 4 is 24.2 Å². The first-order valence-corrected chi connectivity index (χ1v) is 6.54. The van der Waals surface area contributed by atoms with E-state index in [9.17, 15) is 4.57 Å². The molecule has 0 aliphatic rings. The fourth-order valence-corrected chi connectivity index (χ4v) is 2.42. The quantitative estimate of drug-likeness (QED) is 0.768. The molecule has 5 nitrogen and oxygen atoms in total. The van der Waals surface area contributed by atoms with Gasteiger partial charge in [0.15, 0.2) is 0 Å². The predicted molar refractivity (Wildman–Crippen MR) is 57.0 cm³/mol. The van der Waals surface area contributed by atoms with Gasteiger partial charge < -0.3 is 9.79 Å². The van der Waals surface area contributed by atoms with E-state index in [0.717, 1.165) is 0 Å². The van der Waals surface area contributed by atoms with Crippen molar-refractivity contribution in [3.8, 4) is 11.4 Å². The summed E-state index contributed by atoms with van der Waals surface area (Å²) in [6.45, 7) is 0. The summed E-state index contributed by atoms with van der Waals surface area (Å²) in [5.41, 5.74) is 2.32. The molecule has 0 aliphatic carbocycles. The molecule has 2 aromatic rings. The first-order valence-electron chi connectivity index (χ1n) is 3.99. The van der Waals surface area contributed by atoms with Crippen LogP contribution in [0.25, 0.3) is 11.4 Å². The first-order chi connectivity index (χ1) is 7.09. The summed E-state index contributed by atoms with van der Waals surface area (Å²) >= 11 is 1.35. The van der Waals surface area contributed by atoms with Crippen LogP contribution in [0.15, 0.2) is 29.2 Å². The van der Waals surface area contributed by atoms with Gasteiger partial charge in [-0.15, -0.1) is 11.3 Å². The van der Waals surface area contributed by atoms with Crippen LogP contribution in [0, 0.1) is 0 Å². The standard InChI is InChI=1S/C8H7N2O3PS/c11-14(12,13)7-2-1-3-9-8(7)6-4-15-5-10-6/h1-5H,(H2,11,12,13). The van der Waals surface area contributed by atoms with Gasteiger partial charge in [0.25, 0.3) is 0 Å². The molecule has 0 spiro atoms. The monoisotopic (exact) mass is 242 g/mol. The topological polar surface area (TPSA) is 83.3 Å². The lowest BCUT2D eigenvalue weighted by Gasteiger charge is -2.07. The number of aromatic nitrogens is 2. The van der Waals surface area contributed by atoms with Gasteiger partial charge in [-0.05, 0) is 12.1 Å². The molecule has 0 amide bonds. The largest absolute Gasteiger partial charge is 0.358 e. The van der Waals surface area contributed by atoms with Gasteiger partial charge in [-0.2, -0.15) is 0 Å². The second-order valence-electron chi connectivity index (χ2n) is 2.79. The van der Waals surface area contributed by atoms with Crippen LogP contribution in [0.4, 0.5) is 0 Å². The molecule has 0 saturated heterocycles. The molecule has 0 unspecified atom stereocenters. The maximum absolute atomic E-state index is 11.2. The molecule has 0 fully saturated rings. The second kappa shape index (κ2) is 3.83. The highest BCUT2D eigenvalue weighted by Gasteiger charge is 2.23. The summed E-state index contributed by atoms with van der Waals surface area (Å²) in [7, 11) is -4.29. The number of thiazole rings is 1. The van der Waals surface area contributed by atoms with Crippen LogP contribution in [0.2, 0.25) is 0 Å². The number of hydrogen-bond acceptors (Lipinski definition) is 4. The summed E-state index contributed by atoms with van der Waals surface area (Å²) in [5, 5.41) is 1.61. The molecule has 0 saturated carbocycles. The van der Waals surface area contributed by atoms with E-state index in [1.807, 2.05) is 0 Å². The second-order valence-corrected chi connectivity index (χ2v) is 5.08. The van der Waals surface area contributed by atoms with Crippen molar-refractivity contribution in [2.24, 2.45) is 0 Å². The van der Waals surface area contributed by atoms with E-state index in [1.54, 1.807) is 10.9 Å². The summed E-state index contributed by atoms with van der Waals surface area (Å²) in [4.78, 5) is 26.1. The zero-order valence-electron chi connectivity index (χ0n) is 7.44. The molecule has 15 heavy (non-hydrogen) atoms. The third kappa shape index (κ3) is 2.13. The highest BCUT2D eigenvalue weighted by molar-refractivity contribution is 7.60. The van der Waals surface area contributed by atoms with E-state index in [4.69, 9.17) is 9.79 Å². The maximum atomic E-state index is 11.2. The van der Waals surface area contributed by atoms with Gasteiger partial charge in [0.1, 0.15) is 11.4 Å². The lowest BCUT2D eigenvalue weighted by atomic mass is 10.3. The minimum atomic E-state index is -4.29. The molecule has 2 heterocycles. The van der Waals surface area contributed by atoms with Gasteiger partial charge in [-0.3, -0.25) is 9.55 Å². The van der Waals surface area contributed by atoms with Crippen molar-refractivity contribution in [2.75, 3.05) is 0 Å². The normalized spacial score (nSPS) is 11.6. The summed E-state index contributed by atoms with van der Waals surface area (Å²) in [6.07, 6.45) is 1.48. The Morgan fingerprint density at radius 1 is 1.33 bits per heavy atom. The van der Waals surface area contributed by atoms with Crippen LogP contribution in [0.3, 0.4) is 0 Å². The summed E-state index contributed by atoms with van der Waals surface area (Å²) in [6, 6.07) is 2.85. The SMILES string of the molecule is O=P(O)(O)c1cccnc1-c1cscn1. The highest BCUT2D eigenvalue weighted by Crippen LogP contribution is 2.36. The number of nitrogens with zero attached hydrogens (tertiary/aromatic N) is 2. The van der Waals surface area contributed by atoms with Crippen molar-refractivity contribution in [3.05, 3.63) is 29.2 Å². The average molecular weight is 242 g/mol. The van der Waals surface area contributed by atoms with E-state index in [1.165, 1.54) is 29.7 Å². The van der Waals surface area contributed by atoms with Crippen LogP contribution in [0.1, 0.15) is 0 Å². The molecule has 0 atom stereocenters. The average Bonchev–Trinajstić information content (AvgIpc) is 2.69. The number of rotatable bonds is 2. The number of pyridine rings is 1. The Kier molecular flexibility index (Phi) is 2.67. The molecule has 7 heteroatoms. The van der Waals surface area contributed by atoms with Crippen LogP contribution < -0.4 is 5.30 Å². The predicted octanol–water partition coefficient (Wildman–Crippen LogP) is 1.01. The molecule has 0 bridgehead atoms. The van der Waals surface area contributed by atoms with Crippen molar-refractivity contribution in [2.45, 2.75) is 0 Å². The van der Waals surface area contributed by atoms with Crippen molar-refractivity contribution in [1.82, 2.24) is 9.97 Å². The zero-order chi connectivity index (χ0) is 10.9. The lowest BCUT2D eigenvalue weighted by Crippen LogP contribution is -2.09. The number of hydrogen-bond donors (Lipinski definition) is 2. The Labute approximate surface area is 89.6 Å². The van der Waals surface area contributed by atoms with Gasteiger partial charge in [-0.25, -0.2) is 4.98 Å². The molecular formula is C8H7N2O3PS. The Morgan fingerprint density at radius 3 is 2.73 bits per heavy atom. The Bertz CT molecular complexity index is 508. The third-order valence-electron chi connectivity index (χ3n) is 1.78. The molecule has 78 valence electrons. The molecular weight excluding hydrogens is 235 g/mol. The molecule has 2 rings (SSSR count). The summed E-state index contributed by atoms with van der Waals surface area (Å²) in [5.74, 6) is 0. The Hall–Kier alpha value is -1.07. The van der Waals surface area contributed by atoms with E-state index < -0.39 is 7.60 Å². The molecule has 0 aromatic carbocycles. The van der Waals surface area contributed by atoms with Crippen LogP contribution >= 0.6 is 18.9 Å². The Balaban J connectivity index is 2.63. The van der Waals surface area contributed by atoms with E-state index >= 15 is 0 Å². The first kappa shape index (κ1) is 10.4. The summed E-state index contributed by atoms with van der Waals surface area (Å²) < 4.78 is 11.2. The van der Waals surface area contributed by atoms with Crippen LogP contribution in [0.5, 0.6) is 0 Å². The Morgan fingerprint density at radius 2 is 2.13 bits per heavy atom. The third-order valence-corrected chi connectivity index (χ3v) is 3.35. The fourth-order valence-electron chi connectivity index (χ4n) is 1.16. The van der Waals surface area contributed by atoms with Crippen LogP contribution in [-0.4, -0.2) is 19.8 Å². The van der Waals surface area contributed by atoms with Gasteiger partial charge >= 0.3 is 7.60 Å². The van der Waals surface area contributed by atoms with Gasteiger partial charge in [0.05, 0.1) is 10.8 Å². The van der Waals surface area contributed by atoms with Crippen molar-refractivity contribution in [3.63, 3.8) is 0 Å². The lowest BCUT2D eigenvalue weighted by molar-refractivity contribution is 0.387. The van der Waals surface area contributed by atoms with Crippen molar-refractivity contribution < 1.29 is 14.4 Å². The van der Waals surface area contributed by atoms with Gasteiger partial charge in [0.2, 0.25) is 0 Å². The molecule has 2 N–H and O–H groups in total. The van der Waals surface area contributed by atoms with Gasteiger partial charge in [-0.1, -0.05) is 0 Å². The fraction of sp³-hybridized carbons (Fsp3) is 0. The molecule has 0 radical (unpaired) electrons. The van der Waals surface area contributed by atoms with E-state index in [0.29, 0.717) is 5.69 Å². The van der Waals surface area contributed by atoms with E-state index in [-0.39, 0.29) is 11.0 Å². The van der Waals surface area contributed by atoms with Crippen molar-refractivity contribution in [1.29, 1.82) is 0 Å². The molecule has 0 aliphatic heterocycles. The molecule has 2 aromatic heterocycles. The minimum Gasteiger partial charge on any atom is -0.321 e. The maximum Gasteiger partial charge on any atom is 0.358 e.